The van der Waals surface area contributed by atoms with Crippen LogP contribution in [-0.2, 0) is 14.4 Å². The van der Waals surface area contributed by atoms with Crippen molar-refractivity contribution in [2.45, 2.75) is 32.4 Å². The highest BCUT2D eigenvalue weighted by Gasteiger charge is 2.31. The molecule has 1 fully saturated rings. The SMILES string of the molecule is CC(C)(C)OC(=O)N1CCNC(C(=O)ON)C1. The van der Waals surface area contributed by atoms with Crippen molar-refractivity contribution < 1.29 is 19.2 Å². The summed E-state index contributed by atoms with van der Waals surface area (Å²) in [6.07, 6.45) is -0.436. The van der Waals surface area contributed by atoms with Crippen molar-refractivity contribution in [3.05, 3.63) is 0 Å². The Morgan fingerprint density at radius 2 is 2.06 bits per heavy atom. The molecule has 0 spiro atoms. The molecule has 1 aliphatic heterocycles. The van der Waals surface area contributed by atoms with Crippen molar-refractivity contribution in [2.75, 3.05) is 19.6 Å². The van der Waals surface area contributed by atoms with Gasteiger partial charge in [-0.05, 0) is 20.8 Å². The third-order valence-corrected chi connectivity index (χ3v) is 2.23. The molecule has 98 valence electrons. The first-order valence-corrected chi connectivity index (χ1v) is 5.45. The fourth-order valence-electron chi connectivity index (χ4n) is 1.48. The quantitative estimate of drug-likeness (QED) is 0.611. The van der Waals surface area contributed by atoms with Gasteiger partial charge in [0.2, 0.25) is 0 Å². The first kappa shape index (κ1) is 13.7. The first-order chi connectivity index (χ1) is 7.83. The molecule has 0 aromatic carbocycles. The molecule has 1 unspecified atom stereocenters. The second-order valence-electron chi connectivity index (χ2n) is 4.87. The van der Waals surface area contributed by atoms with Crippen LogP contribution >= 0.6 is 0 Å². The minimum absolute atomic E-state index is 0.199. The summed E-state index contributed by atoms with van der Waals surface area (Å²) in [5, 5.41) is 2.91. The van der Waals surface area contributed by atoms with Gasteiger partial charge in [-0.2, -0.15) is 5.90 Å². The Labute approximate surface area is 100 Å². The summed E-state index contributed by atoms with van der Waals surface area (Å²) in [5.74, 6) is 4.22. The highest BCUT2D eigenvalue weighted by atomic mass is 16.7. The van der Waals surface area contributed by atoms with Gasteiger partial charge < -0.3 is 19.8 Å². The van der Waals surface area contributed by atoms with Gasteiger partial charge in [-0.25, -0.2) is 9.59 Å². The number of nitrogens with zero attached hydrogens (tertiary/aromatic N) is 1. The van der Waals surface area contributed by atoms with Crippen LogP contribution in [0.3, 0.4) is 0 Å². The van der Waals surface area contributed by atoms with Gasteiger partial charge in [0, 0.05) is 13.1 Å². The summed E-state index contributed by atoms with van der Waals surface area (Å²) in [4.78, 5) is 28.6. The lowest BCUT2D eigenvalue weighted by Crippen LogP contribution is -2.57. The molecule has 0 aliphatic carbocycles. The lowest BCUT2D eigenvalue weighted by Gasteiger charge is -2.33. The average molecular weight is 245 g/mol. The zero-order valence-corrected chi connectivity index (χ0v) is 10.4. The van der Waals surface area contributed by atoms with Crippen LogP contribution in [0.25, 0.3) is 0 Å². The van der Waals surface area contributed by atoms with Crippen molar-refractivity contribution >= 4 is 12.1 Å². The van der Waals surface area contributed by atoms with Crippen LogP contribution in [0, 0.1) is 0 Å². The lowest BCUT2D eigenvalue weighted by molar-refractivity contribution is -0.147. The summed E-state index contributed by atoms with van der Waals surface area (Å²) in [7, 11) is 0. The van der Waals surface area contributed by atoms with E-state index in [1.165, 1.54) is 4.90 Å². The van der Waals surface area contributed by atoms with Gasteiger partial charge in [-0.15, -0.1) is 0 Å². The number of ether oxygens (including phenoxy) is 1. The van der Waals surface area contributed by atoms with Gasteiger partial charge in [0.1, 0.15) is 11.6 Å². The van der Waals surface area contributed by atoms with Gasteiger partial charge in [-0.3, -0.25) is 0 Å². The average Bonchev–Trinajstić information content (AvgIpc) is 2.26. The standard InChI is InChI=1S/C10H19N3O4/c1-10(2,3)16-9(15)13-5-4-12-7(6-13)8(14)17-11/h7,12H,4-6,11H2,1-3H3. The fourth-order valence-corrected chi connectivity index (χ4v) is 1.48. The number of piperazine rings is 1. The van der Waals surface area contributed by atoms with E-state index in [9.17, 15) is 9.59 Å². The maximum Gasteiger partial charge on any atom is 0.410 e. The summed E-state index contributed by atoms with van der Waals surface area (Å²) in [6, 6.07) is -0.596. The lowest BCUT2D eigenvalue weighted by atomic mass is 10.2. The number of hydrogen-bond donors (Lipinski definition) is 2. The van der Waals surface area contributed by atoms with Crippen molar-refractivity contribution in [2.24, 2.45) is 5.90 Å². The largest absolute Gasteiger partial charge is 0.444 e. The molecule has 0 aromatic rings. The van der Waals surface area contributed by atoms with E-state index in [1.807, 2.05) is 0 Å². The maximum absolute atomic E-state index is 11.8. The molecule has 1 atom stereocenters. The van der Waals surface area contributed by atoms with Crippen molar-refractivity contribution in [1.82, 2.24) is 10.2 Å². The number of carbonyl (C=O) groups excluding carboxylic acids is 2. The molecule has 1 heterocycles. The molecule has 17 heavy (non-hydrogen) atoms. The Balaban J connectivity index is 2.55. The van der Waals surface area contributed by atoms with E-state index in [4.69, 9.17) is 10.6 Å². The van der Waals surface area contributed by atoms with Crippen LogP contribution in [0.2, 0.25) is 0 Å². The molecule has 0 aromatic heterocycles. The van der Waals surface area contributed by atoms with Crippen LogP contribution < -0.4 is 11.2 Å². The smallest absolute Gasteiger partial charge is 0.410 e. The third kappa shape index (κ3) is 4.20. The fraction of sp³-hybridized carbons (Fsp3) is 0.800. The minimum atomic E-state index is -0.596. The van der Waals surface area contributed by atoms with Crippen LogP contribution in [0.4, 0.5) is 4.79 Å². The highest BCUT2D eigenvalue weighted by Crippen LogP contribution is 2.11. The van der Waals surface area contributed by atoms with E-state index >= 15 is 0 Å². The van der Waals surface area contributed by atoms with Gasteiger partial charge in [0.15, 0.2) is 0 Å². The number of nitrogens with two attached hydrogens (primary N) is 1. The Hall–Kier alpha value is -1.34. The van der Waals surface area contributed by atoms with Crippen LogP contribution in [0.1, 0.15) is 20.8 Å². The van der Waals surface area contributed by atoms with Crippen LogP contribution in [0.5, 0.6) is 0 Å². The Morgan fingerprint density at radius 3 is 2.59 bits per heavy atom. The summed E-state index contributed by atoms with van der Waals surface area (Å²) in [5.41, 5.74) is -0.550. The molecular formula is C10H19N3O4. The Kier molecular flexibility index (Phi) is 4.30. The molecule has 0 bridgehead atoms. The van der Waals surface area contributed by atoms with E-state index in [0.29, 0.717) is 13.1 Å². The second-order valence-corrected chi connectivity index (χ2v) is 4.87. The number of hydrogen-bond acceptors (Lipinski definition) is 6. The molecule has 1 amide bonds. The molecule has 3 N–H and O–H groups in total. The van der Waals surface area contributed by atoms with Crippen molar-refractivity contribution in [3.8, 4) is 0 Å². The second kappa shape index (κ2) is 5.33. The van der Waals surface area contributed by atoms with Gasteiger partial charge >= 0.3 is 12.1 Å². The predicted molar refractivity (Wildman–Crippen MR) is 59.9 cm³/mol. The van der Waals surface area contributed by atoms with E-state index in [0.717, 1.165) is 0 Å². The van der Waals surface area contributed by atoms with Crippen molar-refractivity contribution in [3.63, 3.8) is 0 Å². The molecule has 1 aliphatic rings. The van der Waals surface area contributed by atoms with Crippen LogP contribution in [-0.4, -0.2) is 48.2 Å². The monoisotopic (exact) mass is 245 g/mol. The predicted octanol–water partition coefficient (Wildman–Crippen LogP) is -0.388. The maximum atomic E-state index is 11.8. The van der Waals surface area contributed by atoms with Gasteiger partial charge in [0.25, 0.3) is 0 Å². The zero-order chi connectivity index (χ0) is 13.1. The van der Waals surface area contributed by atoms with Gasteiger partial charge in [0.05, 0.1) is 6.54 Å². The molecule has 1 saturated heterocycles. The third-order valence-electron chi connectivity index (χ3n) is 2.23. The molecule has 7 heteroatoms. The molecule has 1 rings (SSSR count). The van der Waals surface area contributed by atoms with Crippen molar-refractivity contribution in [1.29, 1.82) is 0 Å². The molecule has 7 nitrogen and oxygen atoms in total. The Morgan fingerprint density at radius 1 is 1.41 bits per heavy atom. The number of amides is 1. The van der Waals surface area contributed by atoms with E-state index < -0.39 is 23.7 Å². The number of rotatable bonds is 1. The Bertz CT molecular complexity index is 300. The summed E-state index contributed by atoms with van der Waals surface area (Å²) < 4.78 is 5.21. The summed E-state index contributed by atoms with van der Waals surface area (Å²) in [6.45, 7) is 6.56. The molecule has 0 saturated carbocycles. The topological polar surface area (TPSA) is 93.9 Å². The minimum Gasteiger partial charge on any atom is -0.444 e. The normalized spacial score (nSPS) is 20.9. The summed E-state index contributed by atoms with van der Waals surface area (Å²) >= 11 is 0. The van der Waals surface area contributed by atoms with Crippen LogP contribution in [0.15, 0.2) is 0 Å². The van der Waals surface area contributed by atoms with E-state index in [1.54, 1.807) is 20.8 Å². The molecular weight excluding hydrogens is 226 g/mol. The first-order valence-electron chi connectivity index (χ1n) is 5.45. The van der Waals surface area contributed by atoms with E-state index in [2.05, 4.69) is 10.2 Å². The molecule has 0 radical (unpaired) electrons. The highest BCUT2D eigenvalue weighted by molar-refractivity contribution is 5.77. The number of nitrogens with one attached hydrogen (secondary N) is 1. The van der Waals surface area contributed by atoms with Gasteiger partial charge in [-0.1, -0.05) is 0 Å². The zero-order valence-electron chi connectivity index (χ0n) is 10.4. The number of carbonyl (C=O) groups is 2. The van der Waals surface area contributed by atoms with E-state index in [-0.39, 0.29) is 6.54 Å².